The van der Waals surface area contributed by atoms with Gasteiger partial charge in [-0.2, -0.15) is 20.0 Å². The molecule has 0 unspecified atom stereocenters. The Kier molecular flexibility index (Phi) is 7.83. The molecule has 0 saturated carbocycles. The van der Waals surface area contributed by atoms with Crippen molar-refractivity contribution in [3.8, 4) is 12.8 Å². The third kappa shape index (κ3) is 5.76. The molecule has 2 aromatic rings. The molecule has 0 aliphatic carbocycles. The number of rotatable bonds is 4. The zero-order valence-electron chi connectivity index (χ0n) is 18.3. The molecule has 0 radical (unpaired) electrons. The molecule has 1 aromatic heterocycles. The van der Waals surface area contributed by atoms with Gasteiger partial charge in [0, 0.05) is 25.6 Å². The first kappa shape index (κ1) is 24.7. The minimum Gasteiger partial charge on any atom is -0.384 e. The highest BCUT2D eigenvalue weighted by Gasteiger charge is 2.30. The summed E-state index contributed by atoms with van der Waals surface area (Å²) in [4.78, 5) is 31.2. The number of amidine groups is 1. The fourth-order valence-corrected chi connectivity index (χ4v) is 3.38. The standard InChI is InChI=1S/C20H25FN6O3.C2H2/c1-12(28)24-18(22)15-7-6-13(21)9-16(15)19(29)26-8-4-5-14(11-26)27-23-10-17(25-27)20(2,3)30;1-2/h6-7,9-10,14,30H,4-5,8,11H2,1-3H3,(H2,22,24,28);1-2H/t14-;/m1./s1. The molecular formula is C22H27FN6O3. The summed E-state index contributed by atoms with van der Waals surface area (Å²) in [5.74, 6) is -1.65. The Morgan fingerprint density at radius 3 is 2.59 bits per heavy atom. The van der Waals surface area contributed by atoms with Crippen LogP contribution in [0.2, 0.25) is 0 Å². The molecule has 9 nitrogen and oxygen atoms in total. The highest BCUT2D eigenvalue weighted by atomic mass is 19.1. The van der Waals surface area contributed by atoms with Gasteiger partial charge in [-0.15, -0.1) is 12.8 Å². The van der Waals surface area contributed by atoms with E-state index in [4.69, 9.17) is 5.73 Å². The average Bonchev–Trinajstić information content (AvgIpc) is 3.25. The van der Waals surface area contributed by atoms with Gasteiger partial charge in [0.05, 0.1) is 17.8 Å². The van der Waals surface area contributed by atoms with E-state index in [1.54, 1.807) is 18.7 Å². The number of piperidine rings is 1. The van der Waals surface area contributed by atoms with Gasteiger partial charge in [0.15, 0.2) is 0 Å². The van der Waals surface area contributed by atoms with Gasteiger partial charge in [-0.3, -0.25) is 9.59 Å². The normalized spacial score (nSPS) is 16.8. The topological polar surface area (TPSA) is 127 Å². The van der Waals surface area contributed by atoms with E-state index in [-0.39, 0.29) is 23.0 Å². The van der Waals surface area contributed by atoms with Crippen LogP contribution in [0.1, 0.15) is 61.3 Å². The first-order chi connectivity index (χ1) is 15.1. The molecule has 3 N–H and O–H groups in total. The van der Waals surface area contributed by atoms with Gasteiger partial charge in [0.25, 0.3) is 5.91 Å². The summed E-state index contributed by atoms with van der Waals surface area (Å²) >= 11 is 0. The molecule has 1 fully saturated rings. The van der Waals surface area contributed by atoms with Crippen LogP contribution in [0.25, 0.3) is 0 Å². The SMILES string of the molecule is C#C.CC(=O)N=C(N)c1ccc(F)cc1C(=O)N1CCC[C@@H](n2ncc(C(C)(C)O)n2)C1. The minimum atomic E-state index is -1.12. The number of nitrogens with zero attached hydrogens (tertiary/aromatic N) is 5. The number of aromatic nitrogens is 3. The van der Waals surface area contributed by atoms with Gasteiger partial charge in [-0.05, 0) is 44.9 Å². The van der Waals surface area contributed by atoms with Crippen LogP contribution in [0, 0.1) is 18.7 Å². The Morgan fingerprint density at radius 2 is 2.00 bits per heavy atom. The van der Waals surface area contributed by atoms with E-state index in [1.807, 2.05) is 0 Å². The molecule has 1 aliphatic rings. The summed E-state index contributed by atoms with van der Waals surface area (Å²) in [6, 6.07) is 3.43. The van der Waals surface area contributed by atoms with Crippen molar-refractivity contribution in [1.29, 1.82) is 0 Å². The number of amides is 2. The maximum absolute atomic E-state index is 13.9. The Bertz CT molecular complexity index is 1040. The van der Waals surface area contributed by atoms with Crippen LogP contribution < -0.4 is 5.73 Å². The zero-order valence-corrected chi connectivity index (χ0v) is 18.3. The number of benzene rings is 1. The molecule has 1 aromatic carbocycles. The summed E-state index contributed by atoms with van der Waals surface area (Å²) in [7, 11) is 0. The molecule has 3 rings (SSSR count). The second-order valence-electron chi connectivity index (χ2n) is 7.86. The van der Waals surface area contributed by atoms with Gasteiger partial charge in [-0.25, -0.2) is 4.39 Å². The van der Waals surface area contributed by atoms with E-state index in [9.17, 15) is 19.1 Å². The van der Waals surface area contributed by atoms with E-state index in [0.717, 1.165) is 12.5 Å². The Morgan fingerprint density at radius 1 is 1.31 bits per heavy atom. The van der Waals surface area contributed by atoms with E-state index >= 15 is 0 Å². The molecule has 170 valence electrons. The lowest BCUT2D eigenvalue weighted by Gasteiger charge is -2.32. The van der Waals surface area contributed by atoms with Crippen LogP contribution in [0.4, 0.5) is 4.39 Å². The molecule has 2 heterocycles. The third-order valence-electron chi connectivity index (χ3n) is 4.91. The van der Waals surface area contributed by atoms with E-state index in [2.05, 4.69) is 28.0 Å². The summed E-state index contributed by atoms with van der Waals surface area (Å²) < 4.78 is 13.9. The second kappa shape index (κ2) is 10.2. The zero-order chi connectivity index (χ0) is 24.1. The Hall–Kier alpha value is -3.58. The lowest BCUT2D eigenvalue weighted by Crippen LogP contribution is -2.42. The lowest BCUT2D eigenvalue weighted by molar-refractivity contribution is -0.115. The Balaban J connectivity index is 0.00000176. The molecule has 2 amide bonds. The largest absolute Gasteiger partial charge is 0.384 e. The van der Waals surface area contributed by atoms with Gasteiger partial charge in [0.1, 0.15) is 22.9 Å². The van der Waals surface area contributed by atoms with Crippen LogP contribution in [-0.2, 0) is 10.4 Å². The highest BCUT2D eigenvalue weighted by Crippen LogP contribution is 2.25. The quantitative estimate of drug-likeness (QED) is 0.421. The summed E-state index contributed by atoms with van der Waals surface area (Å²) in [6.45, 7) is 5.28. The van der Waals surface area contributed by atoms with Crippen molar-refractivity contribution in [2.75, 3.05) is 13.1 Å². The van der Waals surface area contributed by atoms with Crippen LogP contribution in [0.3, 0.4) is 0 Å². The highest BCUT2D eigenvalue weighted by molar-refractivity contribution is 6.11. The number of terminal acetylenes is 1. The van der Waals surface area contributed by atoms with Gasteiger partial charge in [0.2, 0.25) is 5.91 Å². The molecule has 1 aliphatic heterocycles. The predicted octanol–water partition coefficient (Wildman–Crippen LogP) is 1.62. The third-order valence-corrected chi connectivity index (χ3v) is 4.91. The van der Waals surface area contributed by atoms with Gasteiger partial charge in [-0.1, -0.05) is 0 Å². The lowest BCUT2D eigenvalue weighted by atomic mass is 10.0. The van der Waals surface area contributed by atoms with Crippen molar-refractivity contribution in [3.05, 3.63) is 47.0 Å². The number of hydrogen-bond donors (Lipinski definition) is 2. The van der Waals surface area contributed by atoms with E-state index in [1.165, 1.54) is 30.0 Å². The number of carbonyl (C=O) groups excluding carboxylic acids is 2. The van der Waals surface area contributed by atoms with Crippen LogP contribution in [0.5, 0.6) is 0 Å². The number of nitrogens with two attached hydrogens (primary N) is 1. The summed E-state index contributed by atoms with van der Waals surface area (Å²) in [6.07, 6.45) is 11.0. The second-order valence-corrected chi connectivity index (χ2v) is 7.86. The van der Waals surface area contributed by atoms with Crippen molar-refractivity contribution in [1.82, 2.24) is 19.9 Å². The van der Waals surface area contributed by atoms with Crippen molar-refractivity contribution in [2.24, 2.45) is 10.7 Å². The smallest absolute Gasteiger partial charge is 0.254 e. The number of carbonyl (C=O) groups is 2. The summed E-state index contributed by atoms with van der Waals surface area (Å²) in [5.41, 5.74) is 5.44. The first-order valence-electron chi connectivity index (χ1n) is 9.98. The summed E-state index contributed by atoms with van der Waals surface area (Å²) in [5, 5.41) is 18.7. The molecule has 1 atom stereocenters. The number of aliphatic hydroxyl groups is 1. The fraction of sp³-hybridized carbons (Fsp3) is 0.409. The monoisotopic (exact) mass is 442 g/mol. The van der Waals surface area contributed by atoms with Crippen molar-refractivity contribution in [3.63, 3.8) is 0 Å². The number of likely N-dealkylation sites (tertiary alicyclic amines) is 1. The van der Waals surface area contributed by atoms with Crippen molar-refractivity contribution >= 4 is 17.6 Å². The molecule has 0 spiro atoms. The Labute approximate surface area is 186 Å². The molecule has 1 saturated heterocycles. The molecule has 32 heavy (non-hydrogen) atoms. The minimum absolute atomic E-state index is 0.0451. The first-order valence-corrected chi connectivity index (χ1v) is 9.98. The molecule has 0 bridgehead atoms. The van der Waals surface area contributed by atoms with Gasteiger partial charge >= 0.3 is 0 Å². The molecule has 10 heteroatoms. The number of hydrogen-bond acceptors (Lipinski definition) is 5. The molecular weight excluding hydrogens is 415 g/mol. The maximum Gasteiger partial charge on any atom is 0.254 e. The van der Waals surface area contributed by atoms with E-state index < -0.39 is 23.2 Å². The van der Waals surface area contributed by atoms with Crippen LogP contribution >= 0.6 is 0 Å². The van der Waals surface area contributed by atoms with Crippen molar-refractivity contribution < 1.29 is 19.1 Å². The number of halogens is 1. The van der Waals surface area contributed by atoms with Crippen molar-refractivity contribution in [2.45, 2.75) is 45.3 Å². The average molecular weight is 442 g/mol. The maximum atomic E-state index is 13.9. The van der Waals surface area contributed by atoms with Gasteiger partial charge < -0.3 is 15.7 Å². The van der Waals surface area contributed by atoms with Crippen LogP contribution in [-0.4, -0.2) is 55.7 Å². The predicted molar refractivity (Wildman–Crippen MR) is 117 cm³/mol. The number of aliphatic imine (C=N–C) groups is 1. The fourth-order valence-electron chi connectivity index (χ4n) is 3.38. The van der Waals surface area contributed by atoms with E-state index in [0.29, 0.717) is 25.2 Å². The van der Waals surface area contributed by atoms with Crippen LogP contribution in [0.15, 0.2) is 29.4 Å².